The number of carbonyl (C=O) groups excluding carboxylic acids is 1. The van der Waals surface area contributed by atoms with E-state index in [1.54, 1.807) is 0 Å². The summed E-state index contributed by atoms with van der Waals surface area (Å²) in [5, 5.41) is 12.7. The lowest BCUT2D eigenvalue weighted by Crippen LogP contribution is -2.27. The molecule has 1 rings (SSSR count). The van der Waals surface area contributed by atoms with E-state index in [9.17, 15) is 9.90 Å². The molecule has 0 aromatic heterocycles. The molecule has 1 amide bonds. The maximum atomic E-state index is 11.3. The van der Waals surface area contributed by atoms with Crippen LogP contribution in [0.15, 0.2) is 24.3 Å². The highest BCUT2D eigenvalue weighted by Gasteiger charge is 2.09. The highest BCUT2D eigenvalue weighted by Crippen LogP contribution is 2.18. The molecule has 0 aliphatic heterocycles. The van der Waals surface area contributed by atoms with Crippen molar-refractivity contribution in [1.29, 1.82) is 0 Å². The Kier molecular flexibility index (Phi) is 6.36. The van der Waals surface area contributed by atoms with Crippen molar-refractivity contribution in [3.8, 4) is 5.75 Å². The SMILES string of the molecule is CCCC(=O)NCC(O)c1ccc(OC(C)C)cc1. The molecule has 2 N–H and O–H groups in total. The van der Waals surface area contributed by atoms with Crippen LogP contribution < -0.4 is 10.1 Å². The minimum atomic E-state index is -0.686. The number of carbonyl (C=O) groups is 1. The summed E-state index contributed by atoms with van der Waals surface area (Å²) in [5.74, 6) is 0.752. The summed E-state index contributed by atoms with van der Waals surface area (Å²) in [4.78, 5) is 11.3. The van der Waals surface area contributed by atoms with Gasteiger partial charge in [-0.05, 0) is 38.0 Å². The zero-order valence-electron chi connectivity index (χ0n) is 11.8. The van der Waals surface area contributed by atoms with E-state index < -0.39 is 6.10 Å². The van der Waals surface area contributed by atoms with Gasteiger partial charge in [0.1, 0.15) is 5.75 Å². The summed E-state index contributed by atoms with van der Waals surface area (Å²) in [5.41, 5.74) is 0.771. The predicted molar refractivity (Wildman–Crippen MR) is 75.1 cm³/mol. The van der Waals surface area contributed by atoms with E-state index in [4.69, 9.17) is 4.74 Å². The Labute approximate surface area is 114 Å². The largest absolute Gasteiger partial charge is 0.491 e. The van der Waals surface area contributed by atoms with E-state index in [0.717, 1.165) is 17.7 Å². The van der Waals surface area contributed by atoms with Crippen molar-refractivity contribution in [2.45, 2.75) is 45.8 Å². The second kappa shape index (κ2) is 7.79. The number of amides is 1. The Morgan fingerprint density at radius 3 is 2.47 bits per heavy atom. The molecule has 1 aromatic rings. The third-order valence-corrected chi connectivity index (χ3v) is 2.61. The average molecular weight is 265 g/mol. The van der Waals surface area contributed by atoms with Gasteiger partial charge in [0.05, 0.1) is 12.2 Å². The van der Waals surface area contributed by atoms with Gasteiger partial charge in [0, 0.05) is 13.0 Å². The smallest absolute Gasteiger partial charge is 0.220 e. The van der Waals surface area contributed by atoms with Crippen molar-refractivity contribution < 1.29 is 14.6 Å². The number of rotatable bonds is 7. The number of hydrogen-bond acceptors (Lipinski definition) is 3. The maximum Gasteiger partial charge on any atom is 0.220 e. The molecule has 0 saturated heterocycles. The number of aliphatic hydroxyl groups is 1. The molecule has 4 heteroatoms. The average Bonchev–Trinajstić information content (AvgIpc) is 2.36. The Morgan fingerprint density at radius 2 is 1.95 bits per heavy atom. The Hall–Kier alpha value is -1.55. The quantitative estimate of drug-likeness (QED) is 0.796. The molecule has 19 heavy (non-hydrogen) atoms. The van der Waals surface area contributed by atoms with Crippen molar-refractivity contribution in [2.75, 3.05) is 6.54 Å². The van der Waals surface area contributed by atoms with Gasteiger partial charge in [0.2, 0.25) is 5.91 Å². The molecule has 0 aliphatic carbocycles. The van der Waals surface area contributed by atoms with E-state index in [0.29, 0.717) is 6.42 Å². The van der Waals surface area contributed by atoms with Crippen molar-refractivity contribution in [3.05, 3.63) is 29.8 Å². The fraction of sp³-hybridized carbons (Fsp3) is 0.533. The fourth-order valence-corrected chi connectivity index (χ4v) is 1.68. The van der Waals surface area contributed by atoms with E-state index in [1.807, 2.05) is 45.0 Å². The lowest BCUT2D eigenvalue weighted by Gasteiger charge is -2.14. The van der Waals surface area contributed by atoms with Crippen molar-refractivity contribution in [3.63, 3.8) is 0 Å². The molecule has 0 fully saturated rings. The van der Waals surface area contributed by atoms with Crippen molar-refractivity contribution >= 4 is 5.91 Å². The monoisotopic (exact) mass is 265 g/mol. The summed E-state index contributed by atoms with van der Waals surface area (Å²) in [6.45, 7) is 6.12. The van der Waals surface area contributed by atoms with Crippen LogP contribution in [0.5, 0.6) is 5.75 Å². The van der Waals surface area contributed by atoms with Crippen LogP contribution in [0.2, 0.25) is 0 Å². The summed E-state index contributed by atoms with van der Waals surface area (Å²) in [7, 11) is 0. The first kappa shape index (κ1) is 15.5. The topological polar surface area (TPSA) is 58.6 Å². The molecular formula is C15H23NO3. The molecule has 1 unspecified atom stereocenters. The van der Waals surface area contributed by atoms with Crippen LogP contribution in [0.1, 0.15) is 45.3 Å². The van der Waals surface area contributed by atoms with Gasteiger partial charge in [-0.25, -0.2) is 0 Å². The highest BCUT2D eigenvalue weighted by atomic mass is 16.5. The van der Waals surface area contributed by atoms with Gasteiger partial charge < -0.3 is 15.2 Å². The number of nitrogens with one attached hydrogen (secondary N) is 1. The predicted octanol–water partition coefficient (Wildman–Crippen LogP) is 2.42. The molecule has 1 atom stereocenters. The first-order valence-corrected chi connectivity index (χ1v) is 6.74. The van der Waals surface area contributed by atoms with E-state index in [2.05, 4.69) is 5.32 Å². The van der Waals surface area contributed by atoms with Crippen LogP contribution in [0.25, 0.3) is 0 Å². The van der Waals surface area contributed by atoms with Gasteiger partial charge in [0.25, 0.3) is 0 Å². The summed E-state index contributed by atoms with van der Waals surface area (Å²) >= 11 is 0. The number of ether oxygens (including phenoxy) is 1. The molecule has 1 aromatic carbocycles. The summed E-state index contributed by atoms with van der Waals surface area (Å²) in [6, 6.07) is 7.28. The minimum Gasteiger partial charge on any atom is -0.491 e. The number of aliphatic hydroxyl groups excluding tert-OH is 1. The first-order chi connectivity index (χ1) is 9.02. The Morgan fingerprint density at radius 1 is 1.32 bits per heavy atom. The molecule has 0 saturated carbocycles. The van der Waals surface area contributed by atoms with Crippen LogP contribution in [0.3, 0.4) is 0 Å². The molecule has 0 bridgehead atoms. The summed E-state index contributed by atoms with van der Waals surface area (Å²) in [6.07, 6.45) is 0.745. The van der Waals surface area contributed by atoms with Crippen LogP contribution >= 0.6 is 0 Å². The Balaban J connectivity index is 2.48. The van der Waals surface area contributed by atoms with Gasteiger partial charge in [-0.1, -0.05) is 19.1 Å². The van der Waals surface area contributed by atoms with Crippen LogP contribution in [-0.4, -0.2) is 23.7 Å². The Bertz CT molecular complexity index is 387. The van der Waals surface area contributed by atoms with Gasteiger partial charge in [0.15, 0.2) is 0 Å². The fourth-order valence-electron chi connectivity index (χ4n) is 1.68. The second-order valence-electron chi connectivity index (χ2n) is 4.81. The van der Waals surface area contributed by atoms with Crippen LogP contribution in [0, 0.1) is 0 Å². The maximum absolute atomic E-state index is 11.3. The highest BCUT2D eigenvalue weighted by molar-refractivity contribution is 5.75. The lowest BCUT2D eigenvalue weighted by atomic mass is 10.1. The molecule has 0 radical (unpaired) electrons. The standard InChI is InChI=1S/C15H23NO3/c1-4-5-15(18)16-10-14(17)12-6-8-13(9-7-12)19-11(2)3/h6-9,11,14,17H,4-5,10H2,1-3H3,(H,16,18). The lowest BCUT2D eigenvalue weighted by molar-refractivity contribution is -0.121. The third-order valence-electron chi connectivity index (χ3n) is 2.61. The molecule has 4 nitrogen and oxygen atoms in total. The molecule has 0 aliphatic rings. The van der Waals surface area contributed by atoms with Crippen molar-refractivity contribution in [2.24, 2.45) is 0 Å². The van der Waals surface area contributed by atoms with Gasteiger partial charge >= 0.3 is 0 Å². The van der Waals surface area contributed by atoms with E-state index in [1.165, 1.54) is 0 Å². The van der Waals surface area contributed by atoms with E-state index >= 15 is 0 Å². The van der Waals surface area contributed by atoms with Crippen LogP contribution in [0.4, 0.5) is 0 Å². The normalized spacial score (nSPS) is 12.3. The van der Waals surface area contributed by atoms with Crippen LogP contribution in [-0.2, 0) is 4.79 Å². The molecule has 0 heterocycles. The first-order valence-electron chi connectivity index (χ1n) is 6.74. The molecule has 106 valence electrons. The van der Waals surface area contributed by atoms with Gasteiger partial charge in [-0.2, -0.15) is 0 Å². The number of hydrogen-bond donors (Lipinski definition) is 2. The van der Waals surface area contributed by atoms with Gasteiger partial charge in [-0.3, -0.25) is 4.79 Å². The third kappa shape index (κ3) is 5.75. The summed E-state index contributed by atoms with van der Waals surface area (Å²) < 4.78 is 5.53. The zero-order chi connectivity index (χ0) is 14.3. The molecule has 0 spiro atoms. The minimum absolute atomic E-state index is 0.0266. The second-order valence-corrected chi connectivity index (χ2v) is 4.81. The zero-order valence-corrected chi connectivity index (χ0v) is 11.8. The van der Waals surface area contributed by atoms with Crippen molar-refractivity contribution in [1.82, 2.24) is 5.32 Å². The number of benzene rings is 1. The molecular weight excluding hydrogens is 242 g/mol. The van der Waals surface area contributed by atoms with E-state index in [-0.39, 0.29) is 18.6 Å². The van der Waals surface area contributed by atoms with Gasteiger partial charge in [-0.15, -0.1) is 0 Å².